The van der Waals surface area contributed by atoms with Crippen LogP contribution in [0.5, 0.6) is 0 Å². The summed E-state index contributed by atoms with van der Waals surface area (Å²) in [5, 5.41) is 5.81. The minimum absolute atomic E-state index is 0.0693. The van der Waals surface area contributed by atoms with Gasteiger partial charge in [0.15, 0.2) is 5.82 Å². The summed E-state index contributed by atoms with van der Waals surface area (Å²) in [6.07, 6.45) is -5.37. The Labute approximate surface area is 194 Å². The Balaban J connectivity index is 2.15. The van der Waals surface area contributed by atoms with E-state index in [1.807, 2.05) is 0 Å². The quantitative estimate of drug-likeness (QED) is 0.336. The van der Waals surface area contributed by atoms with Crippen LogP contribution in [0.3, 0.4) is 0 Å². The van der Waals surface area contributed by atoms with Crippen LogP contribution < -0.4 is 5.01 Å². The number of ether oxygens (including phenoxy) is 1. The fourth-order valence-corrected chi connectivity index (χ4v) is 5.26. The second kappa shape index (κ2) is 8.15. The maximum atomic E-state index is 15.2. The van der Waals surface area contributed by atoms with Crippen molar-refractivity contribution in [3.8, 4) is 0 Å². The number of hydrogen-bond donors (Lipinski definition) is 0. The molecule has 2 unspecified atom stereocenters. The van der Waals surface area contributed by atoms with Gasteiger partial charge in [0.1, 0.15) is 11.6 Å². The number of alkyl halides is 3. The maximum Gasteiger partial charge on any atom is 0.425 e. The van der Waals surface area contributed by atoms with E-state index in [1.54, 1.807) is 0 Å². The zero-order chi connectivity index (χ0) is 24.9. The number of methoxy groups -OCH3 is 1. The average molecular weight is 498 g/mol. The molecule has 1 aliphatic rings. The van der Waals surface area contributed by atoms with E-state index in [0.29, 0.717) is 6.07 Å². The van der Waals surface area contributed by atoms with Crippen molar-refractivity contribution in [1.82, 2.24) is 0 Å². The molecule has 1 aliphatic heterocycles. The minimum Gasteiger partial charge on any atom is -0.467 e. The highest BCUT2D eigenvalue weighted by Crippen LogP contribution is 2.57. The highest BCUT2D eigenvalue weighted by molar-refractivity contribution is 7.10. The van der Waals surface area contributed by atoms with Gasteiger partial charge >= 0.3 is 12.1 Å². The molecule has 0 fully saturated rings. The van der Waals surface area contributed by atoms with Gasteiger partial charge in [0.2, 0.25) is 0 Å². The Morgan fingerprint density at radius 2 is 1.68 bits per heavy atom. The van der Waals surface area contributed by atoms with E-state index in [4.69, 9.17) is 0 Å². The summed E-state index contributed by atoms with van der Waals surface area (Å²) in [4.78, 5) is 13.2. The van der Waals surface area contributed by atoms with Gasteiger partial charge in [-0.05, 0) is 48.2 Å². The molecule has 0 bridgehead atoms. The smallest absolute Gasteiger partial charge is 0.425 e. The van der Waals surface area contributed by atoms with E-state index in [9.17, 15) is 18.0 Å². The predicted molar refractivity (Wildman–Crippen MR) is 114 cm³/mol. The Bertz CT molecular complexity index is 1260. The summed E-state index contributed by atoms with van der Waals surface area (Å²) in [6, 6.07) is 9.27. The highest BCUT2D eigenvalue weighted by atomic mass is 32.1. The van der Waals surface area contributed by atoms with Gasteiger partial charge in [0.25, 0.3) is 5.54 Å². The number of nitrogens with zero attached hydrogens (tertiary/aromatic N) is 2. The zero-order valence-corrected chi connectivity index (χ0v) is 18.5. The second-order valence-electron chi connectivity index (χ2n) is 7.67. The first-order valence-electron chi connectivity index (χ1n) is 9.78. The van der Waals surface area contributed by atoms with Gasteiger partial charge in [-0.25, -0.2) is 23.0 Å². The topological polar surface area (TPSA) is 41.9 Å². The van der Waals surface area contributed by atoms with Crippen LogP contribution in [0.1, 0.15) is 17.4 Å². The van der Waals surface area contributed by atoms with Crippen molar-refractivity contribution in [2.24, 2.45) is 5.10 Å². The molecular formula is C23H16F6N2O2S. The zero-order valence-electron chi connectivity index (χ0n) is 17.7. The molecular weight excluding hydrogens is 482 g/mol. The summed E-state index contributed by atoms with van der Waals surface area (Å²) < 4.78 is 92.2. The Morgan fingerprint density at radius 1 is 1.03 bits per heavy atom. The summed E-state index contributed by atoms with van der Waals surface area (Å²) >= 11 is 0.928. The van der Waals surface area contributed by atoms with Crippen LogP contribution in [-0.2, 0) is 14.9 Å². The number of anilines is 1. The first-order valence-corrected chi connectivity index (χ1v) is 10.7. The van der Waals surface area contributed by atoms with Gasteiger partial charge < -0.3 is 4.74 Å². The molecule has 1 aromatic heterocycles. The number of thiophene rings is 1. The fraction of sp³-hybridized carbons (Fsp3) is 0.217. The average Bonchev–Trinajstić information content (AvgIpc) is 3.40. The summed E-state index contributed by atoms with van der Waals surface area (Å²) in [5.41, 5.74) is -6.85. The molecule has 0 aliphatic carbocycles. The van der Waals surface area contributed by atoms with Crippen molar-refractivity contribution in [2.75, 3.05) is 12.1 Å². The fourth-order valence-electron chi connectivity index (χ4n) is 4.32. The van der Waals surface area contributed by atoms with Gasteiger partial charge in [0, 0.05) is 10.9 Å². The minimum atomic E-state index is -5.37. The molecule has 4 rings (SSSR count). The molecule has 178 valence electrons. The molecule has 0 amide bonds. The van der Waals surface area contributed by atoms with Crippen molar-refractivity contribution in [3.63, 3.8) is 0 Å². The molecule has 0 N–H and O–H groups in total. The number of hydrogen-bond acceptors (Lipinski definition) is 5. The number of halogens is 6. The van der Waals surface area contributed by atoms with E-state index in [2.05, 4.69) is 9.84 Å². The van der Waals surface area contributed by atoms with Gasteiger partial charge in [0.05, 0.1) is 23.9 Å². The van der Waals surface area contributed by atoms with E-state index in [1.165, 1.54) is 29.6 Å². The van der Waals surface area contributed by atoms with Crippen LogP contribution >= 0.6 is 11.3 Å². The van der Waals surface area contributed by atoms with Crippen molar-refractivity contribution < 1.29 is 35.9 Å². The van der Waals surface area contributed by atoms with Crippen LogP contribution in [-0.4, -0.2) is 30.5 Å². The summed E-state index contributed by atoms with van der Waals surface area (Å²) in [7, 11) is 0.778. The number of rotatable bonds is 4. The van der Waals surface area contributed by atoms with Crippen LogP contribution in [0, 0.1) is 17.5 Å². The van der Waals surface area contributed by atoms with E-state index < -0.39 is 46.2 Å². The highest BCUT2D eigenvalue weighted by Gasteiger charge is 2.79. The van der Waals surface area contributed by atoms with E-state index in [-0.39, 0.29) is 21.2 Å². The lowest BCUT2D eigenvalue weighted by atomic mass is 9.65. The number of esters is 1. The van der Waals surface area contributed by atoms with Gasteiger partial charge in [-0.2, -0.15) is 18.3 Å². The maximum absolute atomic E-state index is 15.2. The molecule has 0 saturated heterocycles. The molecule has 0 saturated carbocycles. The third kappa shape index (κ3) is 3.21. The molecule has 4 nitrogen and oxygen atoms in total. The lowest BCUT2D eigenvalue weighted by Gasteiger charge is -2.45. The molecule has 0 radical (unpaired) electrons. The SMILES string of the molecule is COC(=O)C1(C(F)(F)F)N(c2ccc(F)cc2F)N=C(c2ccc(F)cc2)C1(C)c1cccs1. The Hall–Kier alpha value is -3.34. The molecule has 2 aromatic carbocycles. The molecule has 0 spiro atoms. The first kappa shape index (κ1) is 23.8. The van der Waals surface area contributed by atoms with E-state index >= 15 is 13.2 Å². The molecule has 11 heteroatoms. The normalized spacial score (nSPS) is 22.6. The number of carbonyl (C=O) groups is 1. The van der Waals surface area contributed by atoms with Crippen molar-refractivity contribution in [3.05, 3.63) is 87.9 Å². The van der Waals surface area contributed by atoms with Gasteiger partial charge in [-0.15, -0.1) is 11.3 Å². The van der Waals surface area contributed by atoms with Crippen LogP contribution in [0.25, 0.3) is 0 Å². The van der Waals surface area contributed by atoms with Crippen LogP contribution in [0.15, 0.2) is 65.1 Å². The number of hydrazone groups is 1. The van der Waals surface area contributed by atoms with Gasteiger partial charge in [-0.3, -0.25) is 0 Å². The van der Waals surface area contributed by atoms with E-state index in [0.717, 1.165) is 49.6 Å². The lowest BCUT2D eigenvalue weighted by molar-refractivity contribution is -0.211. The van der Waals surface area contributed by atoms with Crippen molar-refractivity contribution in [1.29, 1.82) is 0 Å². The molecule has 3 aromatic rings. The predicted octanol–water partition coefficient (Wildman–Crippen LogP) is 5.82. The van der Waals surface area contributed by atoms with Crippen molar-refractivity contribution in [2.45, 2.75) is 24.1 Å². The molecule has 2 atom stereocenters. The lowest BCUT2D eigenvalue weighted by Crippen LogP contribution is -2.71. The Kier molecular flexibility index (Phi) is 5.71. The molecule has 34 heavy (non-hydrogen) atoms. The van der Waals surface area contributed by atoms with Crippen LogP contribution in [0.4, 0.5) is 32.0 Å². The number of benzene rings is 2. The number of carbonyl (C=O) groups excluding carboxylic acids is 1. The molecule has 2 heterocycles. The Morgan fingerprint density at radius 3 is 2.21 bits per heavy atom. The van der Waals surface area contributed by atoms with Gasteiger partial charge in [-0.1, -0.05) is 18.2 Å². The summed E-state index contributed by atoms with van der Waals surface area (Å²) in [6.45, 7) is 1.15. The summed E-state index contributed by atoms with van der Waals surface area (Å²) in [5.74, 6) is -4.79. The monoisotopic (exact) mass is 498 g/mol. The third-order valence-corrected chi connectivity index (χ3v) is 6.97. The largest absolute Gasteiger partial charge is 0.467 e. The standard InChI is InChI=1S/C23H16F6N2O2S/c1-21(18-4-3-11-34-18)19(13-5-7-14(24)8-6-13)30-31(17-10-9-15(25)12-16(17)26)22(21,20(32)33-2)23(27,28)29/h3-12H,1-2H3. The van der Waals surface area contributed by atoms with Crippen molar-refractivity contribution >= 4 is 28.7 Å². The first-order chi connectivity index (χ1) is 16.0. The third-order valence-electron chi connectivity index (χ3n) is 5.88. The second-order valence-corrected chi connectivity index (χ2v) is 8.61. The van der Waals surface area contributed by atoms with Crippen LogP contribution in [0.2, 0.25) is 0 Å².